The summed E-state index contributed by atoms with van der Waals surface area (Å²) >= 11 is 0. The molecule has 5 heteroatoms. The molecule has 0 aromatic carbocycles. The highest BCUT2D eigenvalue weighted by Crippen LogP contribution is 2.56. The molecule has 0 bridgehead atoms. The molecule has 0 spiro atoms. The average molecular weight is 310 g/mol. The van der Waals surface area contributed by atoms with Crippen molar-refractivity contribution < 1.29 is 4.79 Å². The molecule has 1 rings (SSSR count). The van der Waals surface area contributed by atoms with Crippen molar-refractivity contribution in [2.24, 2.45) is 34.5 Å². The lowest BCUT2D eigenvalue weighted by molar-refractivity contribution is -0.154. The van der Waals surface area contributed by atoms with Gasteiger partial charge in [0.2, 0.25) is 0 Å². The molecule has 1 aliphatic carbocycles. The van der Waals surface area contributed by atoms with Crippen LogP contribution in [-0.2, 0) is 4.79 Å². The normalized spacial score (nSPS) is 32.3. The van der Waals surface area contributed by atoms with E-state index in [0.717, 1.165) is 0 Å². The molecule has 1 saturated carbocycles. The van der Waals surface area contributed by atoms with Gasteiger partial charge >= 0.3 is 0 Å². The predicted octanol–water partition coefficient (Wildman–Crippen LogP) is 3.35. The Bertz CT molecular complexity index is 546. The van der Waals surface area contributed by atoms with Crippen molar-refractivity contribution >= 4 is 5.78 Å². The maximum absolute atomic E-state index is 13.6. The molecule has 0 aliphatic heterocycles. The highest BCUT2D eigenvalue weighted by Gasteiger charge is 2.62. The van der Waals surface area contributed by atoms with E-state index >= 15 is 0 Å². The van der Waals surface area contributed by atoms with Crippen LogP contribution >= 0.6 is 0 Å². The highest BCUT2D eigenvalue weighted by atomic mass is 16.1. The Hall–Kier alpha value is -2.37. The van der Waals surface area contributed by atoms with E-state index in [1.807, 2.05) is 0 Å². The van der Waals surface area contributed by atoms with Crippen molar-refractivity contribution in [3.63, 3.8) is 0 Å². The third-order valence-electron chi connectivity index (χ3n) is 5.89. The first-order valence-corrected chi connectivity index (χ1v) is 7.92. The van der Waals surface area contributed by atoms with Gasteiger partial charge in [-0.2, -0.15) is 21.0 Å². The van der Waals surface area contributed by atoms with Crippen LogP contribution in [0.25, 0.3) is 0 Å². The van der Waals surface area contributed by atoms with Crippen LogP contribution in [0.5, 0.6) is 0 Å². The second-order valence-corrected chi connectivity index (χ2v) is 6.67. The lowest BCUT2D eigenvalue weighted by Crippen LogP contribution is -2.57. The van der Waals surface area contributed by atoms with Gasteiger partial charge in [-0.25, -0.2) is 0 Å². The Labute approximate surface area is 138 Å². The SMILES string of the molecule is CC(C#N)C1(C(C)C#N)CCCC(C(C)C#N)(C(C)C#N)C1=O. The Morgan fingerprint density at radius 1 is 0.739 bits per heavy atom. The van der Waals surface area contributed by atoms with Gasteiger partial charge in [-0.3, -0.25) is 4.79 Å². The van der Waals surface area contributed by atoms with Gasteiger partial charge in [0.15, 0.2) is 0 Å². The lowest BCUT2D eigenvalue weighted by Gasteiger charge is -2.51. The number of Topliss-reactive ketones (excluding diaryl/α,β-unsaturated/α-hetero) is 1. The number of hydrogen-bond acceptors (Lipinski definition) is 5. The number of carbonyl (C=O) groups is 1. The minimum atomic E-state index is -1.11. The second kappa shape index (κ2) is 6.81. The molecule has 0 heterocycles. The first-order chi connectivity index (χ1) is 10.8. The number of rotatable bonds is 4. The first kappa shape index (κ1) is 18.7. The van der Waals surface area contributed by atoms with Crippen LogP contribution in [0.2, 0.25) is 0 Å². The summed E-state index contributed by atoms with van der Waals surface area (Å²) in [6, 6.07) is 8.54. The van der Waals surface area contributed by atoms with Gasteiger partial charge < -0.3 is 0 Å². The molecule has 120 valence electrons. The summed E-state index contributed by atoms with van der Waals surface area (Å²) in [5, 5.41) is 37.7. The molecule has 5 nitrogen and oxygen atoms in total. The largest absolute Gasteiger partial charge is 0.298 e. The Morgan fingerprint density at radius 2 is 1.00 bits per heavy atom. The van der Waals surface area contributed by atoms with Gasteiger partial charge in [0.25, 0.3) is 0 Å². The summed E-state index contributed by atoms with van der Waals surface area (Å²) in [6.45, 7) is 6.65. The molecule has 0 aromatic rings. The Morgan fingerprint density at radius 3 is 1.22 bits per heavy atom. The third-order valence-corrected chi connectivity index (χ3v) is 5.89. The van der Waals surface area contributed by atoms with E-state index in [4.69, 9.17) is 0 Å². The van der Waals surface area contributed by atoms with Crippen LogP contribution in [0.15, 0.2) is 0 Å². The maximum Gasteiger partial charge on any atom is 0.150 e. The third kappa shape index (κ3) is 2.48. The van der Waals surface area contributed by atoms with Crippen molar-refractivity contribution in [3.05, 3.63) is 0 Å². The minimum absolute atomic E-state index is 0.248. The monoisotopic (exact) mass is 310 g/mol. The van der Waals surface area contributed by atoms with Gasteiger partial charge in [0, 0.05) is 0 Å². The standard InChI is InChI=1S/C18H22N4O/c1-12(8-19)17(13(2)9-20)6-5-7-18(16(17)23,14(3)10-21)15(4)11-22/h12-15H,5-7H2,1-4H3. The zero-order valence-corrected chi connectivity index (χ0v) is 14.1. The molecule has 1 fully saturated rings. The number of hydrogen-bond donors (Lipinski definition) is 0. The number of nitrogens with zero attached hydrogens (tertiary/aromatic N) is 4. The number of ketones is 1. The topological polar surface area (TPSA) is 112 Å². The fraction of sp³-hybridized carbons (Fsp3) is 0.722. The molecule has 0 aromatic heterocycles. The molecule has 23 heavy (non-hydrogen) atoms. The van der Waals surface area contributed by atoms with E-state index in [2.05, 4.69) is 24.3 Å². The molecule has 4 atom stereocenters. The van der Waals surface area contributed by atoms with Crippen molar-refractivity contribution in [2.45, 2.75) is 47.0 Å². The number of nitriles is 4. The van der Waals surface area contributed by atoms with Crippen LogP contribution < -0.4 is 0 Å². The summed E-state index contributed by atoms with van der Waals surface area (Å²) in [6.07, 6.45) is 1.53. The van der Waals surface area contributed by atoms with E-state index in [0.29, 0.717) is 19.3 Å². The summed E-state index contributed by atoms with van der Waals surface area (Å²) < 4.78 is 0. The summed E-state index contributed by atoms with van der Waals surface area (Å²) in [5.74, 6) is -2.80. The summed E-state index contributed by atoms with van der Waals surface area (Å²) in [5.41, 5.74) is -2.23. The average Bonchev–Trinajstić information content (AvgIpc) is 2.59. The predicted molar refractivity (Wildman–Crippen MR) is 82.8 cm³/mol. The van der Waals surface area contributed by atoms with Gasteiger partial charge in [0.05, 0.1) is 58.8 Å². The van der Waals surface area contributed by atoms with E-state index in [9.17, 15) is 25.8 Å². The van der Waals surface area contributed by atoms with Gasteiger partial charge in [-0.1, -0.05) is 6.42 Å². The quantitative estimate of drug-likeness (QED) is 0.790. The molecule has 4 unspecified atom stereocenters. The zero-order chi connectivity index (χ0) is 17.8. The minimum Gasteiger partial charge on any atom is -0.298 e. The molecular formula is C18H22N4O. The van der Waals surface area contributed by atoms with Crippen molar-refractivity contribution in [1.29, 1.82) is 21.0 Å². The van der Waals surface area contributed by atoms with Crippen molar-refractivity contribution in [3.8, 4) is 24.3 Å². The van der Waals surface area contributed by atoms with Crippen LogP contribution in [0.3, 0.4) is 0 Å². The molecule has 0 radical (unpaired) electrons. The van der Waals surface area contributed by atoms with E-state index in [1.165, 1.54) is 0 Å². The Kier molecular flexibility index (Phi) is 5.53. The van der Waals surface area contributed by atoms with E-state index in [1.54, 1.807) is 27.7 Å². The molecular weight excluding hydrogens is 288 g/mol. The molecule has 0 saturated heterocycles. The number of carbonyl (C=O) groups excluding carboxylic acids is 1. The summed E-state index contributed by atoms with van der Waals surface area (Å²) in [7, 11) is 0. The van der Waals surface area contributed by atoms with Gasteiger partial charge in [-0.15, -0.1) is 0 Å². The lowest BCUT2D eigenvalue weighted by atomic mass is 9.48. The first-order valence-electron chi connectivity index (χ1n) is 7.92. The summed E-state index contributed by atoms with van der Waals surface area (Å²) in [4.78, 5) is 13.6. The maximum atomic E-state index is 13.6. The van der Waals surface area contributed by atoms with Crippen LogP contribution in [0.4, 0.5) is 0 Å². The zero-order valence-electron chi connectivity index (χ0n) is 14.1. The van der Waals surface area contributed by atoms with Gasteiger partial charge in [-0.05, 0) is 40.5 Å². The van der Waals surface area contributed by atoms with Crippen molar-refractivity contribution in [2.75, 3.05) is 0 Å². The second-order valence-electron chi connectivity index (χ2n) is 6.67. The van der Waals surface area contributed by atoms with E-state index in [-0.39, 0.29) is 5.78 Å². The molecule has 0 N–H and O–H groups in total. The smallest absolute Gasteiger partial charge is 0.150 e. The Balaban J connectivity index is 3.65. The van der Waals surface area contributed by atoms with Crippen LogP contribution in [0, 0.1) is 79.8 Å². The van der Waals surface area contributed by atoms with Crippen molar-refractivity contribution in [1.82, 2.24) is 0 Å². The molecule has 0 amide bonds. The van der Waals surface area contributed by atoms with Crippen LogP contribution in [0.1, 0.15) is 47.0 Å². The fourth-order valence-corrected chi connectivity index (χ4v) is 4.20. The fourth-order valence-electron chi connectivity index (χ4n) is 4.20. The van der Waals surface area contributed by atoms with Crippen LogP contribution in [-0.4, -0.2) is 5.78 Å². The highest BCUT2D eigenvalue weighted by molar-refractivity contribution is 5.93. The van der Waals surface area contributed by atoms with E-state index < -0.39 is 34.5 Å². The molecule has 1 aliphatic rings. The van der Waals surface area contributed by atoms with Gasteiger partial charge in [0.1, 0.15) is 5.78 Å².